The lowest BCUT2D eigenvalue weighted by atomic mass is 9.92. The number of aryl methyl sites for hydroxylation is 1. The third-order valence-electron chi connectivity index (χ3n) is 7.28. The highest BCUT2D eigenvalue weighted by Crippen LogP contribution is 2.43. The van der Waals surface area contributed by atoms with Crippen LogP contribution in [0.25, 0.3) is 10.9 Å². The van der Waals surface area contributed by atoms with Crippen molar-refractivity contribution >= 4 is 34.1 Å². The van der Waals surface area contributed by atoms with E-state index in [1.54, 1.807) is 14.0 Å². The molecular formula is C27H33N5O2. The van der Waals surface area contributed by atoms with Crippen LogP contribution in [-0.2, 0) is 4.79 Å². The molecule has 178 valence electrons. The van der Waals surface area contributed by atoms with Gasteiger partial charge in [-0.3, -0.25) is 4.79 Å². The zero-order chi connectivity index (χ0) is 23.7. The van der Waals surface area contributed by atoms with E-state index in [0.29, 0.717) is 11.9 Å². The van der Waals surface area contributed by atoms with Crippen LogP contribution in [0.5, 0.6) is 5.75 Å². The Labute approximate surface area is 201 Å². The number of nitrogens with zero attached hydrogens (tertiary/aromatic N) is 4. The molecule has 0 spiro atoms. The minimum Gasteiger partial charge on any atom is -0.496 e. The number of benzene rings is 2. The molecule has 7 heteroatoms. The van der Waals surface area contributed by atoms with Gasteiger partial charge in [-0.05, 0) is 61.6 Å². The molecule has 1 N–H and O–H groups in total. The Balaban J connectivity index is 1.38. The number of hydrogen-bond acceptors (Lipinski definition) is 6. The van der Waals surface area contributed by atoms with Crippen LogP contribution in [0.15, 0.2) is 36.5 Å². The average Bonchev–Trinajstić information content (AvgIpc) is 3.39. The van der Waals surface area contributed by atoms with Gasteiger partial charge in [-0.15, -0.1) is 0 Å². The molecule has 2 aliphatic rings. The average molecular weight is 460 g/mol. The van der Waals surface area contributed by atoms with Crippen molar-refractivity contribution in [3.63, 3.8) is 0 Å². The molecule has 0 unspecified atom stereocenters. The number of aromatic nitrogens is 2. The second kappa shape index (κ2) is 9.49. The second-order valence-electron chi connectivity index (χ2n) is 9.41. The number of ether oxygens (including phenoxy) is 1. The van der Waals surface area contributed by atoms with Crippen LogP contribution < -0.4 is 15.0 Å². The van der Waals surface area contributed by atoms with Crippen molar-refractivity contribution in [3.05, 3.63) is 47.7 Å². The van der Waals surface area contributed by atoms with Gasteiger partial charge in [0.1, 0.15) is 5.75 Å². The Bertz CT molecular complexity index is 1180. The maximum atomic E-state index is 11.6. The number of amides is 1. The zero-order valence-corrected chi connectivity index (χ0v) is 20.3. The SMILES string of the molecule is COc1cc(C)c2cnc(Nc3ccc(N4CCN(C(C)=O)CC4)cc3)nc2c1C1CCCC1. The van der Waals surface area contributed by atoms with Crippen LogP contribution in [-0.4, -0.2) is 54.1 Å². The number of hydrogen-bond donors (Lipinski definition) is 1. The first-order valence-corrected chi connectivity index (χ1v) is 12.3. The molecule has 0 atom stereocenters. The summed E-state index contributed by atoms with van der Waals surface area (Å²) in [5, 5.41) is 4.48. The van der Waals surface area contributed by atoms with Gasteiger partial charge in [-0.25, -0.2) is 9.97 Å². The molecule has 34 heavy (non-hydrogen) atoms. The number of carbonyl (C=O) groups excluding carboxylic acids is 1. The molecule has 0 bridgehead atoms. The summed E-state index contributed by atoms with van der Waals surface area (Å²) in [6, 6.07) is 10.5. The Morgan fingerprint density at radius 1 is 1.09 bits per heavy atom. The van der Waals surface area contributed by atoms with Gasteiger partial charge in [0.2, 0.25) is 11.9 Å². The Kier molecular flexibility index (Phi) is 6.26. The fourth-order valence-electron chi connectivity index (χ4n) is 5.35. The third-order valence-corrected chi connectivity index (χ3v) is 7.28. The molecule has 5 rings (SSSR count). The summed E-state index contributed by atoms with van der Waals surface area (Å²) in [7, 11) is 1.75. The van der Waals surface area contributed by atoms with Crippen molar-refractivity contribution in [1.82, 2.24) is 14.9 Å². The van der Waals surface area contributed by atoms with Gasteiger partial charge < -0.3 is 19.9 Å². The van der Waals surface area contributed by atoms with E-state index in [2.05, 4.69) is 52.5 Å². The van der Waals surface area contributed by atoms with Crippen molar-refractivity contribution < 1.29 is 9.53 Å². The van der Waals surface area contributed by atoms with Gasteiger partial charge in [-0.2, -0.15) is 0 Å². The molecular weight excluding hydrogens is 426 g/mol. The van der Waals surface area contributed by atoms with Gasteiger partial charge in [-0.1, -0.05) is 12.8 Å². The van der Waals surface area contributed by atoms with Crippen molar-refractivity contribution in [2.24, 2.45) is 0 Å². The highest BCUT2D eigenvalue weighted by atomic mass is 16.5. The Hall–Kier alpha value is -3.35. The highest BCUT2D eigenvalue weighted by molar-refractivity contribution is 5.88. The van der Waals surface area contributed by atoms with E-state index in [9.17, 15) is 4.79 Å². The maximum absolute atomic E-state index is 11.6. The van der Waals surface area contributed by atoms with Gasteiger partial charge in [0.05, 0.1) is 12.6 Å². The number of methoxy groups -OCH3 is 1. The minimum atomic E-state index is 0.151. The van der Waals surface area contributed by atoms with E-state index in [4.69, 9.17) is 9.72 Å². The van der Waals surface area contributed by atoms with Crippen LogP contribution >= 0.6 is 0 Å². The fourth-order valence-corrected chi connectivity index (χ4v) is 5.35. The second-order valence-corrected chi connectivity index (χ2v) is 9.41. The standard InChI is InChI=1S/C27H33N5O2/c1-18-16-24(34-3)25(20-6-4-5-7-20)26-23(18)17-28-27(30-26)29-21-8-10-22(11-9-21)32-14-12-31(13-15-32)19(2)33/h8-11,16-17,20H,4-7,12-15H2,1-3H3,(H,28,29,30). The summed E-state index contributed by atoms with van der Waals surface area (Å²) in [6.07, 6.45) is 6.82. The summed E-state index contributed by atoms with van der Waals surface area (Å²) >= 11 is 0. The minimum absolute atomic E-state index is 0.151. The number of anilines is 3. The summed E-state index contributed by atoms with van der Waals surface area (Å²) in [5.41, 5.74) is 5.48. The van der Waals surface area contributed by atoms with Gasteiger partial charge in [0.15, 0.2) is 0 Å². The van der Waals surface area contributed by atoms with Crippen molar-refractivity contribution in [2.45, 2.75) is 45.4 Å². The first-order chi connectivity index (χ1) is 16.5. The van der Waals surface area contributed by atoms with E-state index < -0.39 is 0 Å². The molecule has 2 heterocycles. The van der Waals surface area contributed by atoms with Crippen LogP contribution in [0.2, 0.25) is 0 Å². The first kappa shape index (κ1) is 22.4. The summed E-state index contributed by atoms with van der Waals surface area (Å²) in [6.45, 7) is 6.98. The predicted octanol–water partition coefficient (Wildman–Crippen LogP) is 5.02. The number of carbonyl (C=O) groups is 1. The molecule has 1 saturated carbocycles. The predicted molar refractivity (Wildman–Crippen MR) is 136 cm³/mol. The lowest BCUT2D eigenvalue weighted by Gasteiger charge is -2.35. The number of fused-ring (bicyclic) bond motifs is 1. The molecule has 1 amide bonds. The van der Waals surface area contributed by atoms with Gasteiger partial charge in [0.25, 0.3) is 0 Å². The number of nitrogens with one attached hydrogen (secondary N) is 1. The van der Waals surface area contributed by atoms with Crippen molar-refractivity contribution in [1.29, 1.82) is 0 Å². The quantitative estimate of drug-likeness (QED) is 0.578. The number of piperazine rings is 1. The van der Waals surface area contributed by atoms with E-state index in [-0.39, 0.29) is 5.91 Å². The molecule has 2 aromatic carbocycles. The van der Waals surface area contributed by atoms with Gasteiger partial charge >= 0.3 is 0 Å². The first-order valence-electron chi connectivity index (χ1n) is 12.3. The lowest BCUT2D eigenvalue weighted by Crippen LogP contribution is -2.48. The summed E-state index contributed by atoms with van der Waals surface area (Å²) in [4.78, 5) is 25.4. The summed E-state index contributed by atoms with van der Waals surface area (Å²) < 4.78 is 5.79. The fraction of sp³-hybridized carbons (Fsp3) is 0.444. The van der Waals surface area contributed by atoms with Crippen LogP contribution in [0.1, 0.15) is 49.7 Å². The normalized spacial score (nSPS) is 16.8. The van der Waals surface area contributed by atoms with Gasteiger partial charge in [0, 0.05) is 61.6 Å². The largest absolute Gasteiger partial charge is 0.496 e. The third kappa shape index (κ3) is 4.39. The lowest BCUT2D eigenvalue weighted by molar-refractivity contribution is -0.129. The molecule has 1 aliphatic heterocycles. The molecule has 1 aliphatic carbocycles. The number of rotatable bonds is 5. The molecule has 1 saturated heterocycles. The van der Waals surface area contributed by atoms with E-state index in [0.717, 1.165) is 59.8 Å². The van der Waals surface area contributed by atoms with E-state index >= 15 is 0 Å². The molecule has 3 aromatic rings. The molecule has 0 radical (unpaired) electrons. The van der Waals surface area contributed by atoms with Crippen LogP contribution in [0.3, 0.4) is 0 Å². The Morgan fingerprint density at radius 3 is 2.44 bits per heavy atom. The maximum Gasteiger partial charge on any atom is 0.227 e. The van der Waals surface area contributed by atoms with Crippen molar-refractivity contribution in [3.8, 4) is 5.75 Å². The summed E-state index contributed by atoms with van der Waals surface area (Å²) in [5.74, 6) is 2.18. The van der Waals surface area contributed by atoms with E-state index in [1.165, 1.54) is 31.2 Å². The molecule has 7 nitrogen and oxygen atoms in total. The Morgan fingerprint density at radius 2 is 1.79 bits per heavy atom. The van der Waals surface area contributed by atoms with Crippen molar-refractivity contribution in [2.75, 3.05) is 43.5 Å². The molecule has 1 aromatic heterocycles. The monoisotopic (exact) mass is 459 g/mol. The smallest absolute Gasteiger partial charge is 0.227 e. The topological polar surface area (TPSA) is 70.6 Å². The zero-order valence-electron chi connectivity index (χ0n) is 20.3. The van der Waals surface area contributed by atoms with Crippen LogP contribution in [0.4, 0.5) is 17.3 Å². The van der Waals surface area contributed by atoms with Crippen LogP contribution in [0, 0.1) is 6.92 Å². The van der Waals surface area contributed by atoms with E-state index in [1.807, 2.05) is 11.1 Å². The molecule has 2 fully saturated rings. The highest BCUT2D eigenvalue weighted by Gasteiger charge is 2.25.